The SMILES string of the molecule is CC(C)C[C@@H](N)C(=O)NC(C)CCc1ccc(O)cc1. The van der Waals surface area contributed by atoms with Crippen molar-refractivity contribution in [1.29, 1.82) is 0 Å². The summed E-state index contributed by atoms with van der Waals surface area (Å²) in [5.74, 6) is 0.620. The van der Waals surface area contributed by atoms with Crippen molar-refractivity contribution in [3.63, 3.8) is 0 Å². The van der Waals surface area contributed by atoms with Crippen molar-refractivity contribution in [3.8, 4) is 5.75 Å². The van der Waals surface area contributed by atoms with E-state index in [0.29, 0.717) is 12.3 Å². The molecule has 0 heterocycles. The van der Waals surface area contributed by atoms with Crippen LogP contribution in [0.25, 0.3) is 0 Å². The lowest BCUT2D eigenvalue weighted by Crippen LogP contribution is -2.45. The lowest BCUT2D eigenvalue weighted by Gasteiger charge is -2.18. The molecule has 0 spiro atoms. The van der Waals surface area contributed by atoms with Crippen LogP contribution in [-0.2, 0) is 11.2 Å². The predicted molar refractivity (Wildman–Crippen MR) is 81.5 cm³/mol. The first-order chi connectivity index (χ1) is 9.38. The summed E-state index contributed by atoms with van der Waals surface area (Å²) in [5.41, 5.74) is 7.00. The van der Waals surface area contributed by atoms with E-state index in [1.807, 2.05) is 19.1 Å². The minimum absolute atomic E-state index is 0.0723. The summed E-state index contributed by atoms with van der Waals surface area (Å²) in [6, 6.07) is 6.82. The van der Waals surface area contributed by atoms with E-state index in [2.05, 4.69) is 19.2 Å². The smallest absolute Gasteiger partial charge is 0.237 e. The fourth-order valence-electron chi connectivity index (χ4n) is 2.08. The van der Waals surface area contributed by atoms with E-state index in [0.717, 1.165) is 18.4 Å². The summed E-state index contributed by atoms with van der Waals surface area (Å²) in [5, 5.41) is 12.2. The number of hydrogen-bond acceptors (Lipinski definition) is 3. The maximum Gasteiger partial charge on any atom is 0.237 e. The highest BCUT2D eigenvalue weighted by Crippen LogP contribution is 2.12. The van der Waals surface area contributed by atoms with Crippen LogP contribution in [0.3, 0.4) is 0 Å². The van der Waals surface area contributed by atoms with Gasteiger partial charge in [0.1, 0.15) is 5.75 Å². The summed E-state index contributed by atoms with van der Waals surface area (Å²) in [7, 11) is 0. The Kier molecular flexibility index (Phi) is 6.52. The van der Waals surface area contributed by atoms with E-state index >= 15 is 0 Å². The molecule has 0 aromatic heterocycles. The molecule has 1 rings (SSSR count). The highest BCUT2D eigenvalue weighted by Gasteiger charge is 2.16. The molecule has 20 heavy (non-hydrogen) atoms. The molecule has 112 valence electrons. The normalized spacial score (nSPS) is 14.1. The van der Waals surface area contributed by atoms with Crippen LogP contribution in [-0.4, -0.2) is 23.1 Å². The van der Waals surface area contributed by atoms with Crippen molar-refractivity contribution in [3.05, 3.63) is 29.8 Å². The van der Waals surface area contributed by atoms with Gasteiger partial charge in [-0.3, -0.25) is 4.79 Å². The molecule has 4 nitrogen and oxygen atoms in total. The van der Waals surface area contributed by atoms with Gasteiger partial charge in [-0.25, -0.2) is 0 Å². The summed E-state index contributed by atoms with van der Waals surface area (Å²) in [4.78, 5) is 11.9. The number of nitrogens with two attached hydrogens (primary N) is 1. The van der Waals surface area contributed by atoms with Crippen LogP contribution in [0.4, 0.5) is 0 Å². The van der Waals surface area contributed by atoms with Crippen molar-refractivity contribution >= 4 is 5.91 Å². The first-order valence-corrected chi connectivity index (χ1v) is 7.22. The topological polar surface area (TPSA) is 75.4 Å². The quantitative estimate of drug-likeness (QED) is 0.715. The number of aromatic hydroxyl groups is 1. The van der Waals surface area contributed by atoms with Crippen molar-refractivity contribution in [2.24, 2.45) is 11.7 Å². The lowest BCUT2D eigenvalue weighted by atomic mass is 10.0. The van der Waals surface area contributed by atoms with Crippen LogP contribution in [0.5, 0.6) is 5.75 Å². The van der Waals surface area contributed by atoms with Crippen LogP contribution in [0.2, 0.25) is 0 Å². The molecule has 0 saturated heterocycles. The Hall–Kier alpha value is -1.55. The highest BCUT2D eigenvalue weighted by molar-refractivity contribution is 5.81. The summed E-state index contributed by atoms with van der Waals surface area (Å²) in [6.45, 7) is 6.10. The molecular formula is C16H26N2O2. The molecule has 0 aliphatic heterocycles. The minimum Gasteiger partial charge on any atom is -0.508 e. The van der Waals surface area contributed by atoms with Crippen molar-refractivity contribution in [1.82, 2.24) is 5.32 Å². The molecule has 4 heteroatoms. The molecule has 2 atom stereocenters. The molecule has 1 aromatic rings. The number of amides is 1. The zero-order valence-electron chi connectivity index (χ0n) is 12.6. The largest absolute Gasteiger partial charge is 0.508 e. The van der Waals surface area contributed by atoms with E-state index in [-0.39, 0.29) is 17.7 Å². The van der Waals surface area contributed by atoms with Crippen molar-refractivity contribution < 1.29 is 9.90 Å². The lowest BCUT2D eigenvalue weighted by molar-refractivity contribution is -0.123. The molecule has 0 bridgehead atoms. The summed E-state index contributed by atoms with van der Waals surface area (Å²) in [6.07, 6.45) is 2.42. The second kappa shape index (κ2) is 7.90. The average molecular weight is 278 g/mol. The second-order valence-electron chi connectivity index (χ2n) is 5.85. The Morgan fingerprint density at radius 1 is 1.25 bits per heavy atom. The van der Waals surface area contributed by atoms with Crippen molar-refractivity contribution in [2.75, 3.05) is 0 Å². The molecule has 1 aromatic carbocycles. The predicted octanol–water partition coefficient (Wildman–Crippen LogP) is 2.20. The second-order valence-corrected chi connectivity index (χ2v) is 5.85. The van der Waals surface area contributed by atoms with Gasteiger partial charge >= 0.3 is 0 Å². The molecule has 0 aliphatic rings. The van der Waals surface area contributed by atoms with Gasteiger partial charge in [0.25, 0.3) is 0 Å². The molecule has 4 N–H and O–H groups in total. The third-order valence-corrected chi connectivity index (χ3v) is 3.25. The maximum absolute atomic E-state index is 11.9. The number of nitrogens with one attached hydrogen (secondary N) is 1. The molecule has 0 fully saturated rings. The zero-order valence-corrected chi connectivity index (χ0v) is 12.6. The molecule has 0 radical (unpaired) electrons. The van der Waals surface area contributed by atoms with Crippen LogP contribution in [0.15, 0.2) is 24.3 Å². The Bertz CT molecular complexity index is 415. The van der Waals surface area contributed by atoms with Gasteiger partial charge in [0.15, 0.2) is 0 Å². The number of carbonyl (C=O) groups is 1. The van der Waals surface area contributed by atoms with Gasteiger partial charge in [-0.1, -0.05) is 26.0 Å². The number of phenolic OH excluding ortho intramolecular Hbond substituents is 1. The molecule has 1 amide bonds. The fourth-order valence-corrected chi connectivity index (χ4v) is 2.08. The van der Waals surface area contributed by atoms with Gasteiger partial charge in [0, 0.05) is 6.04 Å². The fraction of sp³-hybridized carbons (Fsp3) is 0.562. The van der Waals surface area contributed by atoms with Crippen LogP contribution >= 0.6 is 0 Å². The van der Waals surface area contributed by atoms with E-state index in [1.54, 1.807) is 12.1 Å². The van der Waals surface area contributed by atoms with Crippen LogP contribution in [0.1, 0.15) is 39.2 Å². The number of phenols is 1. The Labute approximate surface area is 121 Å². The molecule has 1 unspecified atom stereocenters. The standard InChI is InChI=1S/C16H26N2O2/c1-11(2)10-15(17)16(20)18-12(3)4-5-13-6-8-14(19)9-7-13/h6-9,11-12,15,19H,4-5,10,17H2,1-3H3,(H,18,20)/t12?,15-/m1/s1. The number of carbonyl (C=O) groups excluding carboxylic acids is 1. The number of aryl methyl sites for hydroxylation is 1. The number of rotatable bonds is 7. The van der Waals surface area contributed by atoms with E-state index in [4.69, 9.17) is 5.73 Å². The summed E-state index contributed by atoms with van der Waals surface area (Å²) < 4.78 is 0. The van der Waals surface area contributed by atoms with Crippen molar-refractivity contribution in [2.45, 2.75) is 52.1 Å². The Morgan fingerprint density at radius 3 is 2.40 bits per heavy atom. The van der Waals surface area contributed by atoms with Gasteiger partial charge in [0.05, 0.1) is 6.04 Å². The van der Waals surface area contributed by atoms with E-state index in [1.165, 1.54) is 0 Å². The molecular weight excluding hydrogens is 252 g/mol. The van der Waals surface area contributed by atoms with Gasteiger partial charge in [-0.15, -0.1) is 0 Å². The highest BCUT2D eigenvalue weighted by atomic mass is 16.3. The number of hydrogen-bond donors (Lipinski definition) is 3. The van der Waals surface area contributed by atoms with E-state index < -0.39 is 6.04 Å². The van der Waals surface area contributed by atoms with Gasteiger partial charge in [-0.05, 0) is 49.8 Å². The van der Waals surface area contributed by atoms with Crippen LogP contribution < -0.4 is 11.1 Å². The Morgan fingerprint density at radius 2 is 1.85 bits per heavy atom. The number of benzene rings is 1. The zero-order chi connectivity index (χ0) is 15.1. The molecule has 0 saturated carbocycles. The van der Waals surface area contributed by atoms with Gasteiger partial charge in [-0.2, -0.15) is 0 Å². The van der Waals surface area contributed by atoms with Crippen LogP contribution in [0, 0.1) is 5.92 Å². The Balaban J connectivity index is 2.34. The third kappa shape index (κ3) is 6.06. The molecule has 0 aliphatic carbocycles. The van der Waals surface area contributed by atoms with Gasteiger partial charge in [0.2, 0.25) is 5.91 Å². The van der Waals surface area contributed by atoms with E-state index in [9.17, 15) is 9.90 Å². The first-order valence-electron chi connectivity index (χ1n) is 7.22. The average Bonchev–Trinajstić information content (AvgIpc) is 2.37. The maximum atomic E-state index is 11.9. The third-order valence-electron chi connectivity index (χ3n) is 3.25. The first kappa shape index (κ1) is 16.5. The van der Waals surface area contributed by atoms with Gasteiger partial charge < -0.3 is 16.2 Å². The monoisotopic (exact) mass is 278 g/mol. The minimum atomic E-state index is -0.425. The summed E-state index contributed by atoms with van der Waals surface area (Å²) >= 11 is 0.